The van der Waals surface area contributed by atoms with Gasteiger partial charge in [-0.2, -0.15) is 0 Å². The van der Waals surface area contributed by atoms with E-state index in [0.717, 1.165) is 24.6 Å². The first-order valence-corrected chi connectivity index (χ1v) is 7.78. The molecule has 0 aliphatic carbocycles. The molecule has 0 aliphatic rings. The van der Waals surface area contributed by atoms with Crippen molar-refractivity contribution >= 4 is 0 Å². The molecule has 1 aromatic carbocycles. The number of nitrogens with one attached hydrogen (secondary N) is 1. The van der Waals surface area contributed by atoms with Gasteiger partial charge in [-0.1, -0.05) is 33.8 Å². The zero-order valence-electron chi connectivity index (χ0n) is 14.6. The Morgan fingerprint density at radius 2 is 1.76 bits per heavy atom. The monoisotopic (exact) mass is 293 g/mol. The fraction of sp³-hybridized carbons (Fsp3) is 0.667. The van der Waals surface area contributed by atoms with Gasteiger partial charge in [-0.3, -0.25) is 0 Å². The molecule has 21 heavy (non-hydrogen) atoms. The molecule has 0 saturated carbocycles. The molecular weight excluding hydrogens is 262 g/mol. The van der Waals surface area contributed by atoms with Gasteiger partial charge in [0.2, 0.25) is 0 Å². The predicted molar refractivity (Wildman–Crippen MR) is 89.1 cm³/mol. The number of hydrogen-bond donors (Lipinski definition) is 1. The average Bonchev–Trinajstić information content (AvgIpc) is 2.38. The van der Waals surface area contributed by atoms with Crippen LogP contribution in [0.25, 0.3) is 0 Å². The third kappa shape index (κ3) is 5.96. The summed E-state index contributed by atoms with van der Waals surface area (Å²) in [5, 5.41) is 3.52. The van der Waals surface area contributed by atoms with E-state index in [2.05, 4.69) is 39.1 Å². The summed E-state index contributed by atoms with van der Waals surface area (Å²) in [6, 6.07) is 6.13. The molecular formula is C18H31NO2. The number of hydrogen-bond acceptors (Lipinski definition) is 3. The second-order valence-corrected chi connectivity index (χ2v) is 7.05. The lowest BCUT2D eigenvalue weighted by Crippen LogP contribution is -2.29. The van der Waals surface area contributed by atoms with Gasteiger partial charge in [0.1, 0.15) is 0 Å². The van der Waals surface area contributed by atoms with Gasteiger partial charge in [-0.25, -0.2) is 0 Å². The van der Waals surface area contributed by atoms with Crippen LogP contribution in [0, 0.1) is 11.3 Å². The Bertz CT molecular complexity index is 435. The van der Waals surface area contributed by atoms with Crippen LogP contribution in [0.3, 0.4) is 0 Å². The molecule has 0 radical (unpaired) electrons. The average molecular weight is 293 g/mol. The maximum Gasteiger partial charge on any atom is 0.161 e. The van der Waals surface area contributed by atoms with Crippen LogP contribution in [-0.4, -0.2) is 19.8 Å². The standard InChI is InChI=1S/C18H31NO2/c1-13(2)21-16-9-8-15(10-17(16)20-7)12-19-11-14(3)18(4,5)6/h8-10,13-14,19H,11-12H2,1-7H3. The lowest BCUT2D eigenvalue weighted by Gasteiger charge is -2.27. The Morgan fingerprint density at radius 3 is 2.29 bits per heavy atom. The Balaban J connectivity index is 2.61. The number of benzene rings is 1. The van der Waals surface area contributed by atoms with E-state index >= 15 is 0 Å². The van der Waals surface area contributed by atoms with Gasteiger partial charge in [0.05, 0.1) is 13.2 Å². The molecule has 0 bridgehead atoms. The Labute approximate surface area is 130 Å². The van der Waals surface area contributed by atoms with E-state index in [1.54, 1.807) is 7.11 Å². The summed E-state index contributed by atoms with van der Waals surface area (Å²) in [6.07, 6.45) is 0.149. The minimum atomic E-state index is 0.149. The lowest BCUT2D eigenvalue weighted by molar-refractivity contribution is 0.230. The highest BCUT2D eigenvalue weighted by Crippen LogP contribution is 2.29. The fourth-order valence-electron chi connectivity index (χ4n) is 1.91. The SMILES string of the molecule is COc1cc(CNCC(C)C(C)(C)C)ccc1OC(C)C. The molecule has 0 amide bonds. The highest BCUT2D eigenvalue weighted by Gasteiger charge is 2.19. The first kappa shape index (κ1) is 17.8. The first-order chi connectivity index (χ1) is 9.74. The highest BCUT2D eigenvalue weighted by molar-refractivity contribution is 5.43. The molecule has 1 N–H and O–H groups in total. The van der Waals surface area contributed by atoms with E-state index in [4.69, 9.17) is 9.47 Å². The molecule has 0 aromatic heterocycles. The Morgan fingerprint density at radius 1 is 1.10 bits per heavy atom. The summed E-state index contributed by atoms with van der Waals surface area (Å²) >= 11 is 0. The molecule has 0 fully saturated rings. The number of rotatable bonds is 7. The zero-order valence-corrected chi connectivity index (χ0v) is 14.6. The third-order valence-corrected chi connectivity index (χ3v) is 3.85. The second-order valence-electron chi connectivity index (χ2n) is 7.05. The molecule has 1 rings (SSSR count). The molecule has 3 nitrogen and oxygen atoms in total. The maximum atomic E-state index is 5.73. The van der Waals surface area contributed by atoms with Gasteiger partial charge in [0.25, 0.3) is 0 Å². The third-order valence-electron chi connectivity index (χ3n) is 3.85. The lowest BCUT2D eigenvalue weighted by atomic mass is 9.82. The minimum absolute atomic E-state index is 0.149. The van der Waals surface area contributed by atoms with Crippen LogP contribution in [0.5, 0.6) is 11.5 Å². The summed E-state index contributed by atoms with van der Waals surface area (Å²) in [7, 11) is 1.68. The van der Waals surface area contributed by atoms with Crippen molar-refractivity contribution in [1.82, 2.24) is 5.32 Å². The van der Waals surface area contributed by atoms with Crippen molar-refractivity contribution < 1.29 is 9.47 Å². The predicted octanol–water partition coefficient (Wildman–Crippen LogP) is 4.25. The maximum absolute atomic E-state index is 5.73. The summed E-state index contributed by atoms with van der Waals surface area (Å²) < 4.78 is 11.1. The molecule has 120 valence electrons. The number of ether oxygens (including phenoxy) is 2. The molecule has 1 aromatic rings. The first-order valence-electron chi connectivity index (χ1n) is 7.78. The smallest absolute Gasteiger partial charge is 0.161 e. The fourth-order valence-corrected chi connectivity index (χ4v) is 1.91. The van der Waals surface area contributed by atoms with Crippen LogP contribution in [0.1, 0.15) is 47.1 Å². The van der Waals surface area contributed by atoms with Crippen LogP contribution in [-0.2, 0) is 6.54 Å². The Kier molecular flexibility index (Phi) is 6.53. The molecule has 1 atom stereocenters. The van der Waals surface area contributed by atoms with E-state index in [1.165, 1.54) is 5.56 Å². The molecule has 0 aliphatic heterocycles. The minimum Gasteiger partial charge on any atom is -0.493 e. The van der Waals surface area contributed by atoms with Crippen LogP contribution < -0.4 is 14.8 Å². The highest BCUT2D eigenvalue weighted by atomic mass is 16.5. The Hall–Kier alpha value is -1.22. The van der Waals surface area contributed by atoms with Crippen molar-refractivity contribution in [3.05, 3.63) is 23.8 Å². The van der Waals surface area contributed by atoms with Gasteiger partial charge in [-0.15, -0.1) is 0 Å². The van der Waals surface area contributed by atoms with E-state index in [0.29, 0.717) is 11.3 Å². The van der Waals surface area contributed by atoms with Gasteiger partial charge >= 0.3 is 0 Å². The van der Waals surface area contributed by atoms with Crippen molar-refractivity contribution in [2.75, 3.05) is 13.7 Å². The molecule has 0 heterocycles. The van der Waals surface area contributed by atoms with E-state index in [9.17, 15) is 0 Å². The van der Waals surface area contributed by atoms with E-state index in [1.807, 2.05) is 26.0 Å². The quantitative estimate of drug-likeness (QED) is 0.815. The zero-order chi connectivity index (χ0) is 16.0. The van der Waals surface area contributed by atoms with Crippen LogP contribution >= 0.6 is 0 Å². The van der Waals surface area contributed by atoms with Crippen LogP contribution in [0.15, 0.2) is 18.2 Å². The van der Waals surface area contributed by atoms with Gasteiger partial charge in [0, 0.05) is 6.54 Å². The summed E-state index contributed by atoms with van der Waals surface area (Å²) in [5.74, 6) is 2.23. The van der Waals surface area contributed by atoms with Crippen molar-refractivity contribution in [3.8, 4) is 11.5 Å². The van der Waals surface area contributed by atoms with Crippen LogP contribution in [0.2, 0.25) is 0 Å². The molecule has 0 saturated heterocycles. The van der Waals surface area contributed by atoms with Crippen molar-refractivity contribution in [1.29, 1.82) is 0 Å². The van der Waals surface area contributed by atoms with Crippen molar-refractivity contribution in [2.45, 2.75) is 54.2 Å². The topological polar surface area (TPSA) is 30.5 Å². The van der Waals surface area contributed by atoms with Gasteiger partial charge in [-0.05, 0) is 49.4 Å². The largest absolute Gasteiger partial charge is 0.493 e. The van der Waals surface area contributed by atoms with E-state index in [-0.39, 0.29) is 6.10 Å². The summed E-state index contributed by atoms with van der Waals surface area (Å²) in [6.45, 7) is 15.0. The molecule has 1 unspecified atom stereocenters. The molecule has 3 heteroatoms. The normalized spacial score (nSPS) is 13.3. The summed E-state index contributed by atoms with van der Waals surface area (Å²) in [4.78, 5) is 0. The van der Waals surface area contributed by atoms with Crippen molar-refractivity contribution in [3.63, 3.8) is 0 Å². The summed E-state index contributed by atoms with van der Waals surface area (Å²) in [5.41, 5.74) is 1.55. The molecule has 0 spiro atoms. The van der Waals surface area contributed by atoms with Gasteiger partial charge in [0.15, 0.2) is 11.5 Å². The van der Waals surface area contributed by atoms with Crippen molar-refractivity contribution in [2.24, 2.45) is 11.3 Å². The van der Waals surface area contributed by atoms with Crippen LogP contribution in [0.4, 0.5) is 0 Å². The second kappa shape index (κ2) is 7.69. The number of methoxy groups -OCH3 is 1. The van der Waals surface area contributed by atoms with Gasteiger partial charge < -0.3 is 14.8 Å². The van der Waals surface area contributed by atoms with E-state index < -0.39 is 0 Å².